The van der Waals surface area contributed by atoms with Crippen molar-refractivity contribution in [3.8, 4) is 0 Å². The second-order valence-electron chi connectivity index (χ2n) is 8.62. The minimum atomic E-state index is -0.695. The van der Waals surface area contributed by atoms with E-state index in [0.717, 1.165) is 44.2 Å². The monoisotopic (exact) mass is 384 g/mol. The number of hydrogen-bond donors (Lipinski definition) is 1. The van der Waals surface area contributed by atoms with Crippen molar-refractivity contribution in [2.24, 2.45) is 17.3 Å². The highest BCUT2D eigenvalue weighted by Crippen LogP contribution is 2.59. The Morgan fingerprint density at radius 1 is 1.04 bits per heavy atom. The number of benzene rings is 1. The molecule has 2 aliphatic heterocycles. The molecule has 0 bridgehead atoms. The van der Waals surface area contributed by atoms with Crippen LogP contribution in [0.3, 0.4) is 0 Å². The molecule has 3 aliphatic rings. The fourth-order valence-electron chi connectivity index (χ4n) is 4.97. The summed E-state index contributed by atoms with van der Waals surface area (Å²) >= 11 is 0. The summed E-state index contributed by atoms with van der Waals surface area (Å²) in [4.78, 5) is 40.6. The zero-order valence-electron chi connectivity index (χ0n) is 16.2. The van der Waals surface area contributed by atoms with Crippen molar-refractivity contribution >= 4 is 17.8 Å². The van der Waals surface area contributed by atoms with E-state index >= 15 is 0 Å². The third-order valence-corrected chi connectivity index (χ3v) is 6.88. The van der Waals surface area contributed by atoms with E-state index in [1.807, 2.05) is 40.1 Å². The van der Waals surface area contributed by atoms with Gasteiger partial charge in [-0.15, -0.1) is 0 Å². The van der Waals surface area contributed by atoms with Crippen molar-refractivity contribution in [1.29, 1.82) is 0 Å². The third kappa shape index (κ3) is 3.77. The highest BCUT2D eigenvalue weighted by Gasteiger charge is 2.59. The zero-order valence-corrected chi connectivity index (χ0v) is 16.2. The maximum absolute atomic E-state index is 13.0. The molecule has 2 saturated heterocycles. The summed E-state index contributed by atoms with van der Waals surface area (Å²) in [6, 6.07) is 9.71. The van der Waals surface area contributed by atoms with Gasteiger partial charge in [0.1, 0.15) is 0 Å². The fourth-order valence-corrected chi connectivity index (χ4v) is 4.97. The summed E-state index contributed by atoms with van der Waals surface area (Å²) in [5.74, 6) is -0.815. The summed E-state index contributed by atoms with van der Waals surface area (Å²) in [7, 11) is 0. The number of hydrogen-bond acceptors (Lipinski definition) is 3. The summed E-state index contributed by atoms with van der Waals surface area (Å²) in [6.07, 6.45) is 4.40. The number of rotatable bonds is 4. The average molecular weight is 384 g/mol. The van der Waals surface area contributed by atoms with Crippen LogP contribution in [0.25, 0.3) is 0 Å². The van der Waals surface area contributed by atoms with Gasteiger partial charge in [-0.2, -0.15) is 0 Å². The molecule has 2 unspecified atom stereocenters. The van der Waals surface area contributed by atoms with Crippen molar-refractivity contribution < 1.29 is 19.5 Å². The molecule has 2 atom stereocenters. The Kier molecular flexibility index (Phi) is 5.13. The number of carboxylic acids is 1. The minimum Gasteiger partial charge on any atom is -0.481 e. The normalized spacial score (nSPS) is 26.1. The van der Waals surface area contributed by atoms with Crippen molar-refractivity contribution in [3.63, 3.8) is 0 Å². The molecule has 1 saturated carbocycles. The van der Waals surface area contributed by atoms with Gasteiger partial charge in [0.05, 0.1) is 18.3 Å². The van der Waals surface area contributed by atoms with Gasteiger partial charge in [-0.3, -0.25) is 14.4 Å². The van der Waals surface area contributed by atoms with Gasteiger partial charge in [-0.05, 0) is 43.1 Å². The smallest absolute Gasteiger partial charge is 0.307 e. The first kappa shape index (κ1) is 19.0. The molecule has 0 aromatic heterocycles. The van der Waals surface area contributed by atoms with Crippen molar-refractivity contribution in [2.75, 3.05) is 26.2 Å². The van der Waals surface area contributed by atoms with E-state index in [0.29, 0.717) is 26.1 Å². The highest BCUT2D eigenvalue weighted by molar-refractivity contribution is 5.82. The van der Waals surface area contributed by atoms with E-state index in [-0.39, 0.29) is 29.1 Å². The van der Waals surface area contributed by atoms with Crippen LogP contribution in [-0.4, -0.2) is 58.9 Å². The Bertz CT molecular complexity index is 755. The van der Waals surface area contributed by atoms with Gasteiger partial charge in [0.15, 0.2) is 0 Å². The SMILES string of the molecule is O=C(O)C1CC12CCN(C(=O)C1CCCN(C(=O)Cc3ccccc3)C1)CC2. The fraction of sp³-hybridized carbons (Fsp3) is 0.591. The first-order chi connectivity index (χ1) is 13.5. The van der Waals surface area contributed by atoms with E-state index < -0.39 is 5.97 Å². The van der Waals surface area contributed by atoms with Crippen molar-refractivity contribution in [3.05, 3.63) is 35.9 Å². The number of carboxylic acid groups (broad SMARTS) is 1. The Labute approximate surface area is 165 Å². The molecule has 2 amide bonds. The number of carbonyl (C=O) groups excluding carboxylic acids is 2. The predicted molar refractivity (Wildman–Crippen MR) is 103 cm³/mol. The van der Waals surface area contributed by atoms with Crippen LogP contribution >= 0.6 is 0 Å². The van der Waals surface area contributed by atoms with Crippen LogP contribution in [0.5, 0.6) is 0 Å². The standard InChI is InChI=1S/C22H28N2O4/c25-19(13-16-5-2-1-3-6-16)24-10-4-7-17(15-24)20(26)23-11-8-22(9-12-23)14-18(22)21(27)28/h1-3,5-6,17-18H,4,7-15H2,(H,27,28). The van der Waals surface area contributed by atoms with Crippen LogP contribution < -0.4 is 0 Å². The summed E-state index contributed by atoms with van der Waals surface area (Å²) in [5, 5.41) is 9.22. The first-order valence-corrected chi connectivity index (χ1v) is 10.3. The topological polar surface area (TPSA) is 77.9 Å². The predicted octanol–water partition coefficient (Wildman–Crippen LogP) is 2.18. The molecule has 1 aromatic rings. The lowest BCUT2D eigenvalue weighted by Crippen LogP contribution is -2.49. The average Bonchev–Trinajstić information content (AvgIpc) is 3.42. The molecule has 3 fully saturated rings. The number of piperidine rings is 2. The van der Waals surface area contributed by atoms with E-state index in [1.165, 1.54) is 0 Å². The quantitative estimate of drug-likeness (QED) is 0.863. The van der Waals surface area contributed by atoms with Gasteiger partial charge in [-0.1, -0.05) is 30.3 Å². The molecule has 0 radical (unpaired) electrons. The van der Waals surface area contributed by atoms with E-state index in [1.54, 1.807) is 0 Å². The van der Waals surface area contributed by atoms with E-state index in [4.69, 9.17) is 0 Å². The summed E-state index contributed by atoms with van der Waals surface area (Å²) < 4.78 is 0. The molecular formula is C22H28N2O4. The molecule has 2 heterocycles. The molecule has 6 nitrogen and oxygen atoms in total. The van der Waals surface area contributed by atoms with Crippen molar-refractivity contribution in [1.82, 2.24) is 9.80 Å². The maximum atomic E-state index is 13.0. The lowest BCUT2D eigenvalue weighted by atomic mass is 9.89. The summed E-state index contributed by atoms with van der Waals surface area (Å²) in [5.41, 5.74) is 0.937. The Morgan fingerprint density at radius 2 is 1.75 bits per heavy atom. The Morgan fingerprint density at radius 3 is 2.39 bits per heavy atom. The molecule has 150 valence electrons. The molecule has 1 aromatic carbocycles. The summed E-state index contributed by atoms with van der Waals surface area (Å²) in [6.45, 7) is 2.52. The highest BCUT2D eigenvalue weighted by atomic mass is 16.4. The van der Waals surface area contributed by atoms with Crippen LogP contribution in [0.4, 0.5) is 0 Å². The van der Waals surface area contributed by atoms with E-state index in [9.17, 15) is 19.5 Å². The molecule has 1 N–H and O–H groups in total. The van der Waals surface area contributed by atoms with Gasteiger partial charge in [0.25, 0.3) is 0 Å². The first-order valence-electron chi connectivity index (χ1n) is 10.3. The second kappa shape index (κ2) is 7.57. The largest absolute Gasteiger partial charge is 0.481 e. The van der Waals surface area contributed by atoms with Gasteiger partial charge in [0.2, 0.25) is 11.8 Å². The van der Waals surface area contributed by atoms with Crippen LogP contribution in [0.1, 0.15) is 37.7 Å². The molecule has 1 spiro atoms. The van der Waals surface area contributed by atoms with Crippen LogP contribution in [0, 0.1) is 17.3 Å². The van der Waals surface area contributed by atoms with Gasteiger partial charge in [0, 0.05) is 26.2 Å². The van der Waals surface area contributed by atoms with Crippen LogP contribution in [0.2, 0.25) is 0 Å². The number of nitrogens with zero attached hydrogens (tertiary/aromatic N) is 2. The van der Waals surface area contributed by atoms with Gasteiger partial charge < -0.3 is 14.9 Å². The molecule has 1 aliphatic carbocycles. The number of carbonyl (C=O) groups is 3. The Balaban J connectivity index is 1.30. The molecule has 6 heteroatoms. The Hall–Kier alpha value is -2.37. The van der Waals surface area contributed by atoms with Crippen molar-refractivity contribution in [2.45, 2.75) is 38.5 Å². The van der Waals surface area contributed by atoms with Gasteiger partial charge >= 0.3 is 5.97 Å². The molecular weight excluding hydrogens is 356 g/mol. The van der Waals surface area contributed by atoms with Crippen LogP contribution in [0.15, 0.2) is 30.3 Å². The lowest BCUT2D eigenvalue weighted by Gasteiger charge is -2.38. The number of likely N-dealkylation sites (tertiary alicyclic amines) is 2. The third-order valence-electron chi connectivity index (χ3n) is 6.88. The molecule has 28 heavy (non-hydrogen) atoms. The molecule has 4 rings (SSSR count). The zero-order chi connectivity index (χ0) is 19.7. The van der Waals surface area contributed by atoms with E-state index in [2.05, 4.69) is 0 Å². The maximum Gasteiger partial charge on any atom is 0.307 e. The van der Waals surface area contributed by atoms with Crippen LogP contribution in [-0.2, 0) is 20.8 Å². The van der Waals surface area contributed by atoms with Gasteiger partial charge in [-0.25, -0.2) is 0 Å². The number of amides is 2. The minimum absolute atomic E-state index is 0.0626. The lowest BCUT2D eigenvalue weighted by molar-refractivity contribution is -0.142. The second-order valence-corrected chi connectivity index (χ2v) is 8.62. The number of aliphatic carboxylic acids is 1.